The first-order valence-corrected chi connectivity index (χ1v) is 9.41. The first-order chi connectivity index (χ1) is 13.2. The molecule has 0 atom stereocenters. The molecule has 0 radical (unpaired) electrons. The van der Waals surface area contributed by atoms with Gasteiger partial charge in [0.05, 0.1) is 12.8 Å². The third-order valence-corrected chi connectivity index (χ3v) is 5.08. The minimum Gasteiger partial charge on any atom is -0.485 e. The van der Waals surface area contributed by atoms with Crippen LogP contribution in [0.4, 0.5) is 5.69 Å². The molecule has 2 aromatic rings. The number of ketones is 1. The minimum atomic E-state index is 0.0922. The van der Waals surface area contributed by atoms with E-state index in [0.717, 1.165) is 31.2 Å². The molecule has 2 aliphatic rings. The van der Waals surface area contributed by atoms with Gasteiger partial charge in [0.1, 0.15) is 6.61 Å². The zero-order valence-corrected chi connectivity index (χ0v) is 15.7. The van der Waals surface area contributed by atoms with Gasteiger partial charge in [-0.15, -0.1) is 0 Å². The number of hydrogen-bond acceptors (Lipinski definition) is 5. The van der Waals surface area contributed by atoms with Crippen molar-refractivity contribution < 1.29 is 14.3 Å². The number of fused-ring (bicyclic) bond motifs is 1. The van der Waals surface area contributed by atoms with Gasteiger partial charge in [-0.2, -0.15) is 0 Å². The number of Topliss-reactive ketones (excluding diaryl/α,β-unsaturated/α-hetero) is 1. The van der Waals surface area contributed by atoms with E-state index in [1.165, 1.54) is 5.69 Å². The number of halogens is 1. The number of anilines is 1. The van der Waals surface area contributed by atoms with E-state index in [9.17, 15) is 4.79 Å². The minimum absolute atomic E-state index is 0.0922. The van der Waals surface area contributed by atoms with Crippen molar-refractivity contribution >= 4 is 23.1 Å². The number of rotatable bonds is 4. The lowest BCUT2D eigenvalue weighted by molar-refractivity contribution is 0.0926. The molecule has 0 aliphatic carbocycles. The summed E-state index contributed by atoms with van der Waals surface area (Å²) < 4.78 is 11.1. The summed E-state index contributed by atoms with van der Waals surface area (Å²) in [5, 5.41) is 0.744. The Bertz CT molecular complexity index is 843. The quantitative estimate of drug-likeness (QED) is 0.753. The first kappa shape index (κ1) is 17.9. The predicted octanol–water partition coefficient (Wildman–Crippen LogP) is 3.63. The van der Waals surface area contributed by atoms with Crippen molar-refractivity contribution in [1.82, 2.24) is 4.90 Å². The van der Waals surface area contributed by atoms with Gasteiger partial charge in [-0.25, -0.2) is 0 Å². The topological polar surface area (TPSA) is 42.0 Å². The fraction of sp³-hybridized carbons (Fsp3) is 0.286. The number of nitrogens with zero attached hydrogens (tertiary/aromatic N) is 2. The second-order valence-corrected chi connectivity index (χ2v) is 7.06. The van der Waals surface area contributed by atoms with Crippen LogP contribution in [-0.4, -0.2) is 50.0 Å². The van der Waals surface area contributed by atoms with E-state index in [1.54, 1.807) is 30.5 Å². The van der Waals surface area contributed by atoms with Crippen molar-refractivity contribution in [2.24, 2.45) is 0 Å². The highest BCUT2D eigenvalue weighted by molar-refractivity contribution is 6.30. The number of benzene rings is 2. The average Bonchev–Trinajstić information content (AvgIpc) is 2.94. The maximum Gasteiger partial charge on any atom is 0.176 e. The molecule has 27 heavy (non-hydrogen) atoms. The van der Waals surface area contributed by atoms with Gasteiger partial charge in [-0.3, -0.25) is 9.69 Å². The van der Waals surface area contributed by atoms with Crippen LogP contribution in [-0.2, 0) is 0 Å². The Morgan fingerprint density at radius 1 is 1.00 bits per heavy atom. The third-order valence-electron chi connectivity index (χ3n) is 4.82. The molecule has 2 aliphatic heterocycles. The van der Waals surface area contributed by atoms with Gasteiger partial charge < -0.3 is 14.4 Å². The Hall–Kier alpha value is -2.50. The van der Waals surface area contributed by atoms with Gasteiger partial charge in [-0.1, -0.05) is 11.6 Å². The van der Waals surface area contributed by atoms with E-state index >= 15 is 0 Å². The van der Waals surface area contributed by atoms with Crippen LogP contribution >= 0.6 is 11.6 Å². The van der Waals surface area contributed by atoms with Crippen LogP contribution in [0, 0.1) is 0 Å². The van der Waals surface area contributed by atoms with E-state index in [2.05, 4.69) is 9.80 Å². The lowest BCUT2D eigenvalue weighted by Crippen LogP contribution is -2.48. The summed E-state index contributed by atoms with van der Waals surface area (Å²) in [5.74, 6) is 1.34. The molecule has 140 valence electrons. The fourth-order valence-corrected chi connectivity index (χ4v) is 3.43. The summed E-state index contributed by atoms with van der Waals surface area (Å²) in [4.78, 5) is 17.2. The van der Waals surface area contributed by atoms with E-state index in [4.69, 9.17) is 21.1 Å². The molecule has 0 bridgehead atoms. The Morgan fingerprint density at radius 3 is 2.56 bits per heavy atom. The standard InChI is InChI=1S/C21H21ClN2O3/c22-17-3-5-18(6-4-17)24-10-8-23(9-11-24)15-19(25)16-2-7-20-21(14-16)27-13-1-12-26-20/h1-7,13-14H,8-12,15H2. The van der Waals surface area contributed by atoms with E-state index in [-0.39, 0.29) is 5.78 Å². The highest BCUT2D eigenvalue weighted by Crippen LogP contribution is 2.30. The van der Waals surface area contributed by atoms with Crippen LogP contribution in [0.25, 0.3) is 0 Å². The van der Waals surface area contributed by atoms with E-state index in [0.29, 0.717) is 30.2 Å². The summed E-state index contributed by atoms with van der Waals surface area (Å²) in [5.41, 5.74) is 1.81. The van der Waals surface area contributed by atoms with Gasteiger partial charge in [-0.05, 0) is 48.5 Å². The molecule has 0 aromatic heterocycles. The highest BCUT2D eigenvalue weighted by Gasteiger charge is 2.21. The van der Waals surface area contributed by atoms with Crippen LogP contribution < -0.4 is 14.4 Å². The first-order valence-electron chi connectivity index (χ1n) is 9.04. The Labute approximate surface area is 163 Å². The van der Waals surface area contributed by atoms with E-state index in [1.807, 2.05) is 24.3 Å². The summed E-state index contributed by atoms with van der Waals surface area (Å²) in [6.07, 6.45) is 3.39. The molecule has 2 aromatic carbocycles. The van der Waals surface area contributed by atoms with Gasteiger partial charge in [0.2, 0.25) is 0 Å². The lowest BCUT2D eigenvalue weighted by Gasteiger charge is -2.35. The van der Waals surface area contributed by atoms with Crippen molar-refractivity contribution in [1.29, 1.82) is 0 Å². The van der Waals surface area contributed by atoms with Gasteiger partial charge >= 0.3 is 0 Å². The predicted molar refractivity (Wildman–Crippen MR) is 106 cm³/mol. The van der Waals surface area contributed by atoms with Crippen LogP contribution in [0.3, 0.4) is 0 Å². The fourth-order valence-electron chi connectivity index (χ4n) is 3.30. The Kier molecular flexibility index (Phi) is 5.32. The molecule has 0 spiro atoms. The molecule has 1 saturated heterocycles. The number of piperazine rings is 1. The molecule has 2 heterocycles. The second kappa shape index (κ2) is 8.03. The van der Waals surface area contributed by atoms with Crippen molar-refractivity contribution in [3.8, 4) is 11.5 Å². The zero-order chi connectivity index (χ0) is 18.6. The molecule has 5 nitrogen and oxygen atoms in total. The smallest absolute Gasteiger partial charge is 0.176 e. The van der Waals surface area contributed by atoms with Crippen molar-refractivity contribution in [3.05, 3.63) is 65.4 Å². The summed E-state index contributed by atoms with van der Waals surface area (Å²) in [6, 6.07) is 13.3. The molecule has 0 unspecified atom stereocenters. The molecule has 0 N–H and O–H groups in total. The largest absolute Gasteiger partial charge is 0.485 e. The molecule has 0 saturated carbocycles. The van der Waals surface area contributed by atoms with Crippen LogP contribution in [0.1, 0.15) is 10.4 Å². The zero-order valence-electron chi connectivity index (χ0n) is 14.9. The summed E-state index contributed by atoms with van der Waals surface area (Å²) >= 11 is 5.96. The molecular weight excluding hydrogens is 364 g/mol. The Morgan fingerprint density at radius 2 is 1.78 bits per heavy atom. The molecule has 0 amide bonds. The van der Waals surface area contributed by atoms with Crippen molar-refractivity contribution in [3.63, 3.8) is 0 Å². The monoisotopic (exact) mass is 384 g/mol. The van der Waals surface area contributed by atoms with Crippen LogP contribution in [0.2, 0.25) is 5.02 Å². The number of carbonyl (C=O) groups is 1. The maximum absolute atomic E-state index is 12.7. The average molecular weight is 385 g/mol. The maximum atomic E-state index is 12.7. The van der Waals surface area contributed by atoms with Crippen LogP contribution in [0.15, 0.2) is 54.8 Å². The molecule has 6 heteroatoms. The normalized spacial score (nSPS) is 16.9. The van der Waals surface area contributed by atoms with Crippen molar-refractivity contribution in [2.75, 3.05) is 44.2 Å². The SMILES string of the molecule is O=C(CN1CCN(c2ccc(Cl)cc2)CC1)c1ccc2c(c1)OC=CCO2. The number of ether oxygens (including phenoxy) is 2. The highest BCUT2D eigenvalue weighted by atomic mass is 35.5. The second-order valence-electron chi connectivity index (χ2n) is 6.62. The lowest BCUT2D eigenvalue weighted by atomic mass is 10.1. The number of carbonyl (C=O) groups excluding carboxylic acids is 1. The number of hydrogen-bond donors (Lipinski definition) is 0. The van der Waals surface area contributed by atoms with Gasteiger partial charge in [0.25, 0.3) is 0 Å². The van der Waals surface area contributed by atoms with Gasteiger partial charge in [0.15, 0.2) is 17.3 Å². The molecule has 4 rings (SSSR count). The molecular formula is C21H21ClN2O3. The third kappa shape index (κ3) is 4.26. The molecule has 1 fully saturated rings. The van der Waals surface area contributed by atoms with Crippen molar-refractivity contribution in [2.45, 2.75) is 0 Å². The van der Waals surface area contributed by atoms with E-state index < -0.39 is 0 Å². The Balaban J connectivity index is 1.35. The summed E-state index contributed by atoms with van der Waals surface area (Å²) in [6.45, 7) is 4.35. The van der Waals surface area contributed by atoms with Gasteiger partial charge in [0, 0.05) is 42.5 Å². The summed E-state index contributed by atoms with van der Waals surface area (Å²) in [7, 11) is 0. The van der Waals surface area contributed by atoms with Crippen LogP contribution in [0.5, 0.6) is 11.5 Å².